The van der Waals surface area contributed by atoms with Crippen LogP contribution in [0, 0.1) is 5.41 Å². The first-order valence-electron chi connectivity index (χ1n) is 10.0. The van der Waals surface area contributed by atoms with Crippen molar-refractivity contribution in [3.05, 3.63) is 23.5 Å². The van der Waals surface area contributed by atoms with Crippen LogP contribution in [-0.4, -0.2) is 57.1 Å². The smallest absolute Gasteiger partial charge is 0.390 e. The van der Waals surface area contributed by atoms with Crippen LogP contribution in [0.2, 0.25) is 0 Å². The normalized spacial score (nSPS) is 30.9. The van der Waals surface area contributed by atoms with Gasteiger partial charge >= 0.3 is 6.18 Å². The maximum Gasteiger partial charge on any atom is 0.433 e. The third-order valence-corrected chi connectivity index (χ3v) is 7.58. The molecule has 3 aliphatic rings. The van der Waals surface area contributed by atoms with Crippen molar-refractivity contribution < 1.29 is 18.3 Å². The van der Waals surface area contributed by atoms with Crippen LogP contribution >= 0.6 is 11.9 Å². The molecule has 3 heterocycles. The maximum absolute atomic E-state index is 12.9. The zero-order valence-electron chi connectivity index (χ0n) is 16.4. The molecule has 156 valence electrons. The highest BCUT2D eigenvalue weighted by atomic mass is 32.2. The molecule has 2 aliphatic heterocycles. The molecule has 8 heteroatoms. The summed E-state index contributed by atoms with van der Waals surface area (Å²) < 4.78 is 40.8. The van der Waals surface area contributed by atoms with Gasteiger partial charge in [0, 0.05) is 48.7 Å². The van der Waals surface area contributed by atoms with E-state index >= 15 is 0 Å². The molecule has 0 aromatic carbocycles. The number of aryl methyl sites for hydroxylation is 1. The molecule has 0 unspecified atom stereocenters. The van der Waals surface area contributed by atoms with Crippen molar-refractivity contribution >= 4 is 11.9 Å². The van der Waals surface area contributed by atoms with Crippen LogP contribution in [0.5, 0.6) is 0 Å². The summed E-state index contributed by atoms with van der Waals surface area (Å²) in [7, 11) is 0. The lowest BCUT2D eigenvalue weighted by Crippen LogP contribution is -2.72. The fourth-order valence-electron chi connectivity index (χ4n) is 4.77. The Labute approximate surface area is 168 Å². The lowest BCUT2D eigenvalue weighted by molar-refractivity contribution is -0.141. The van der Waals surface area contributed by atoms with Gasteiger partial charge in [-0.2, -0.15) is 13.2 Å². The van der Waals surface area contributed by atoms with E-state index in [4.69, 9.17) is 0 Å². The van der Waals surface area contributed by atoms with Gasteiger partial charge < -0.3 is 5.11 Å². The van der Waals surface area contributed by atoms with Crippen molar-refractivity contribution in [2.24, 2.45) is 5.41 Å². The van der Waals surface area contributed by atoms with Crippen LogP contribution in [0.3, 0.4) is 0 Å². The second-order valence-electron chi connectivity index (χ2n) is 9.05. The van der Waals surface area contributed by atoms with E-state index in [9.17, 15) is 18.3 Å². The van der Waals surface area contributed by atoms with Crippen LogP contribution in [0.25, 0.3) is 0 Å². The highest BCUT2D eigenvalue weighted by Gasteiger charge is 2.53. The van der Waals surface area contributed by atoms with Crippen LogP contribution in [-0.2, 0) is 12.6 Å². The fourth-order valence-corrected chi connectivity index (χ4v) is 6.14. The van der Waals surface area contributed by atoms with Crippen LogP contribution in [0.4, 0.5) is 13.2 Å². The predicted molar refractivity (Wildman–Crippen MR) is 103 cm³/mol. The van der Waals surface area contributed by atoms with Crippen LogP contribution < -0.4 is 0 Å². The van der Waals surface area contributed by atoms with Gasteiger partial charge in [0.2, 0.25) is 0 Å². The molecular formula is C20H28F3N3OS. The summed E-state index contributed by atoms with van der Waals surface area (Å²) in [5.74, 6) is 0. The molecule has 1 N–H and O–H groups in total. The summed E-state index contributed by atoms with van der Waals surface area (Å²) in [5, 5.41) is 10.1. The Bertz CT molecular complexity index is 716. The van der Waals surface area contributed by atoms with Gasteiger partial charge in [-0.1, -0.05) is 6.92 Å². The summed E-state index contributed by atoms with van der Waals surface area (Å²) in [6.45, 7) is 7.96. The van der Waals surface area contributed by atoms with Gasteiger partial charge in [-0.05, 0) is 62.6 Å². The Morgan fingerprint density at radius 3 is 2.43 bits per heavy atom. The molecular weight excluding hydrogens is 387 g/mol. The zero-order valence-corrected chi connectivity index (χ0v) is 17.2. The van der Waals surface area contributed by atoms with E-state index in [0.29, 0.717) is 23.4 Å². The number of halogens is 3. The third-order valence-electron chi connectivity index (χ3n) is 6.50. The van der Waals surface area contributed by atoms with Crippen LogP contribution in [0.15, 0.2) is 17.2 Å². The standard InChI is InChI=1S/C20H28F3N3OS/c1-3-14-8-17(20(21,22)23)24-9-16(14)28-26-12-19(13-26)10-25(11-19)15-4-6-18(2,27)7-5-15/h8-9,15,27H,3-7,10-13H2,1-2H3. The van der Waals surface area contributed by atoms with Gasteiger partial charge in [0.05, 0.1) is 5.60 Å². The number of aromatic nitrogens is 1. The van der Waals surface area contributed by atoms with Crippen LogP contribution in [0.1, 0.15) is 50.8 Å². The Morgan fingerprint density at radius 2 is 1.86 bits per heavy atom. The summed E-state index contributed by atoms with van der Waals surface area (Å²) in [6.07, 6.45) is 1.44. The zero-order chi connectivity index (χ0) is 20.2. The van der Waals surface area contributed by atoms with E-state index in [2.05, 4.69) is 14.2 Å². The van der Waals surface area contributed by atoms with Crippen molar-refractivity contribution in [2.45, 2.75) is 68.7 Å². The molecule has 1 saturated carbocycles. The minimum absolute atomic E-state index is 0.346. The topological polar surface area (TPSA) is 39.6 Å². The number of pyridine rings is 1. The number of aliphatic hydroxyl groups is 1. The largest absolute Gasteiger partial charge is 0.433 e. The second kappa shape index (κ2) is 7.15. The number of hydrogen-bond donors (Lipinski definition) is 1. The molecule has 4 nitrogen and oxygen atoms in total. The summed E-state index contributed by atoms with van der Waals surface area (Å²) in [5.41, 5.74) is -0.249. The van der Waals surface area contributed by atoms with E-state index in [1.54, 1.807) is 11.9 Å². The van der Waals surface area contributed by atoms with Gasteiger partial charge in [-0.3, -0.25) is 9.88 Å². The van der Waals surface area contributed by atoms with Crippen molar-refractivity contribution in [3.63, 3.8) is 0 Å². The van der Waals surface area contributed by atoms with Crippen molar-refractivity contribution in [3.8, 4) is 0 Å². The van der Waals surface area contributed by atoms with Gasteiger partial charge in [0.1, 0.15) is 5.69 Å². The molecule has 1 aliphatic carbocycles. The second-order valence-corrected chi connectivity index (χ2v) is 10.2. The molecule has 0 radical (unpaired) electrons. The van der Waals surface area contributed by atoms with Gasteiger partial charge in [-0.15, -0.1) is 0 Å². The van der Waals surface area contributed by atoms with Gasteiger partial charge in [-0.25, -0.2) is 4.31 Å². The Kier molecular flexibility index (Phi) is 5.22. The molecule has 0 atom stereocenters. The molecule has 0 bridgehead atoms. The molecule has 1 aromatic rings. The summed E-state index contributed by atoms with van der Waals surface area (Å²) >= 11 is 1.54. The molecule has 1 aromatic heterocycles. The van der Waals surface area contributed by atoms with E-state index in [1.807, 2.05) is 13.8 Å². The average Bonchev–Trinajstić information content (AvgIpc) is 2.55. The number of nitrogens with zero attached hydrogens (tertiary/aromatic N) is 3. The molecule has 3 fully saturated rings. The fraction of sp³-hybridized carbons (Fsp3) is 0.750. The number of alkyl halides is 3. The maximum atomic E-state index is 12.9. The SMILES string of the molecule is CCc1cc(C(F)(F)F)ncc1SN1CC2(C1)CN(C1CCC(C)(O)CC1)C2. The first kappa shape index (κ1) is 20.4. The molecule has 4 rings (SSSR count). The number of hydrogen-bond acceptors (Lipinski definition) is 5. The quantitative estimate of drug-likeness (QED) is 0.754. The third kappa shape index (κ3) is 4.06. The monoisotopic (exact) mass is 415 g/mol. The van der Waals surface area contributed by atoms with Crippen molar-refractivity contribution in [1.82, 2.24) is 14.2 Å². The van der Waals surface area contributed by atoms with E-state index < -0.39 is 17.5 Å². The molecule has 2 saturated heterocycles. The van der Waals surface area contributed by atoms with Gasteiger partial charge in [0.15, 0.2) is 0 Å². The lowest BCUT2D eigenvalue weighted by atomic mass is 9.72. The minimum atomic E-state index is -4.39. The van der Waals surface area contributed by atoms with Gasteiger partial charge in [0.25, 0.3) is 0 Å². The molecule has 1 spiro atoms. The predicted octanol–water partition coefficient (Wildman–Crippen LogP) is 3.98. The first-order valence-corrected chi connectivity index (χ1v) is 10.8. The van der Waals surface area contributed by atoms with Crippen molar-refractivity contribution in [2.75, 3.05) is 26.2 Å². The lowest BCUT2D eigenvalue weighted by Gasteiger charge is -2.62. The van der Waals surface area contributed by atoms with E-state index in [0.717, 1.165) is 56.8 Å². The Morgan fingerprint density at radius 1 is 1.21 bits per heavy atom. The molecule has 28 heavy (non-hydrogen) atoms. The summed E-state index contributed by atoms with van der Waals surface area (Å²) in [4.78, 5) is 7.00. The summed E-state index contributed by atoms with van der Waals surface area (Å²) in [6, 6.07) is 1.78. The Hall–Kier alpha value is -0.830. The Balaban J connectivity index is 1.28. The highest BCUT2D eigenvalue weighted by molar-refractivity contribution is 7.97. The minimum Gasteiger partial charge on any atom is -0.390 e. The van der Waals surface area contributed by atoms with Crippen molar-refractivity contribution in [1.29, 1.82) is 0 Å². The highest BCUT2D eigenvalue weighted by Crippen LogP contribution is 2.47. The number of rotatable bonds is 4. The van der Waals surface area contributed by atoms with E-state index in [1.165, 1.54) is 12.3 Å². The first-order chi connectivity index (χ1) is 13.1. The average molecular weight is 416 g/mol. The van der Waals surface area contributed by atoms with E-state index in [-0.39, 0.29) is 0 Å². The molecule has 0 amide bonds. The number of likely N-dealkylation sites (tertiary alicyclic amines) is 1.